The molecule has 0 saturated heterocycles. The molecule has 0 aromatic carbocycles. The van der Waals surface area contributed by atoms with E-state index in [2.05, 4.69) is 30.5 Å². The molecule has 1 heteroatoms. The van der Waals surface area contributed by atoms with Crippen molar-refractivity contribution >= 4 is 0 Å². The molecule has 1 N–H and O–H groups in total. The van der Waals surface area contributed by atoms with Crippen LogP contribution in [0.5, 0.6) is 0 Å². The number of allylic oxidation sites excluding steroid dienone is 5. The summed E-state index contributed by atoms with van der Waals surface area (Å²) in [6.07, 6.45) is 12.3. The minimum atomic E-state index is 1.19. The Morgan fingerprint density at radius 2 is 2.42 bits per heavy atom. The van der Waals surface area contributed by atoms with Gasteiger partial charge < -0.3 is 5.32 Å². The Balaban J connectivity index is 2.60. The molecular formula is C11H17N. The van der Waals surface area contributed by atoms with Crippen LogP contribution in [-0.4, -0.2) is 7.05 Å². The minimum Gasteiger partial charge on any atom is -0.394 e. The van der Waals surface area contributed by atoms with Crippen molar-refractivity contribution in [1.29, 1.82) is 0 Å². The van der Waals surface area contributed by atoms with Gasteiger partial charge in [-0.3, -0.25) is 0 Å². The predicted molar refractivity (Wildman–Crippen MR) is 53.9 cm³/mol. The summed E-state index contributed by atoms with van der Waals surface area (Å²) < 4.78 is 0. The van der Waals surface area contributed by atoms with Gasteiger partial charge in [-0.1, -0.05) is 24.6 Å². The SMILES string of the molecule is CCC1=CC(/C=C\NC)=CCC1. The van der Waals surface area contributed by atoms with Crippen LogP contribution in [0.2, 0.25) is 0 Å². The van der Waals surface area contributed by atoms with Gasteiger partial charge in [0.1, 0.15) is 0 Å². The Hall–Kier alpha value is -0.980. The maximum atomic E-state index is 3.00. The first-order valence-corrected chi connectivity index (χ1v) is 4.60. The third-order valence-corrected chi connectivity index (χ3v) is 2.11. The largest absolute Gasteiger partial charge is 0.394 e. The van der Waals surface area contributed by atoms with Crippen molar-refractivity contribution < 1.29 is 0 Å². The predicted octanol–water partition coefficient (Wildman–Crippen LogP) is 2.78. The fourth-order valence-electron chi connectivity index (χ4n) is 1.37. The molecule has 66 valence electrons. The van der Waals surface area contributed by atoms with Gasteiger partial charge >= 0.3 is 0 Å². The molecule has 0 aromatic heterocycles. The van der Waals surface area contributed by atoms with Gasteiger partial charge in [0, 0.05) is 7.05 Å². The van der Waals surface area contributed by atoms with Gasteiger partial charge in [0.2, 0.25) is 0 Å². The fraction of sp³-hybridized carbons (Fsp3) is 0.455. The molecule has 0 unspecified atom stereocenters. The monoisotopic (exact) mass is 163 g/mol. The average molecular weight is 163 g/mol. The van der Waals surface area contributed by atoms with E-state index in [0.717, 1.165) is 0 Å². The highest BCUT2D eigenvalue weighted by atomic mass is 14.8. The average Bonchev–Trinajstić information content (AvgIpc) is 2.15. The molecule has 0 heterocycles. The van der Waals surface area contributed by atoms with Gasteiger partial charge in [0.05, 0.1) is 0 Å². The van der Waals surface area contributed by atoms with E-state index in [-0.39, 0.29) is 0 Å². The Labute approximate surface area is 74.9 Å². The van der Waals surface area contributed by atoms with E-state index >= 15 is 0 Å². The standard InChI is InChI=1S/C11H17N/c1-3-10-5-4-6-11(9-10)7-8-12-2/h6-9,12H,3-5H2,1-2H3/b8-7-. The number of hydrogen-bond donors (Lipinski definition) is 1. The fourth-order valence-corrected chi connectivity index (χ4v) is 1.37. The summed E-state index contributed by atoms with van der Waals surface area (Å²) in [6, 6.07) is 0. The van der Waals surface area contributed by atoms with Gasteiger partial charge in [-0.15, -0.1) is 0 Å². The van der Waals surface area contributed by atoms with Crippen molar-refractivity contribution in [3.8, 4) is 0 Å². The van der Waals surface area contributed by atoms with Crippen LogP contribution in [0.1, 0.15) is 26.2 Å². The van der Waals surface area contributed by atoms with Crippen LogP contribution in [0.3, 0.4) is 0 Å². The molecule has 0 aliphatic heterocycles. The molecule has 0 saturated carbocycles. The second kappa shape index (κ2) is 4.81. The van der Waals surface area contributed by atoms with Crippen molar-refractivity contribution in [2.45, 2.75) is 26.2 Å². The molecule has 0 atom stereocenters. The van der Waals surface area contributed by atoms with E-state index in [0.29, 0.717) is 0 Å². The first kappa shape index (κ1) is 9.11. The molecular weight excluding hydrogens is 146 g/mol. The third-order valence-electron chi connectivity index (χ3n) is 2.11. The zero-order valence-electron chi connectivity index (χ0n) is 7.93. The summed E-state index contributed by atoms with van der Waals surface area (Å²) in [5.41, 5.74) is 2.90. The summed E-state index contributed by atoms with van der Waals surface area (Å²) in [7, 11) is 1.92. The van der Waals surface area contributed by atoms with Crippen molar-refractivity contribution in [2.24, 2.45) is 0 Å². The molecule has 1 nitrogen and oxygen atoms in total. The van der Waals surface area contributed by atoms with Gasteiger partial charge in [-0.05, 0) is 37.1 Å². The van der Waals surface area contributed by atoms with Gasteiger partial charge in [0.25, 0.3) is 0 Å². The van der Waals surface area contributed by atoms with Crippen molar-refractivity contribution in [3.05, 3.63) is 35.6 Å². The summed E-state index contributed by atoms with van der Waals surface area (Å²) in [6.45, 7) is 2.22. The van der Waals surface area contributed by atoms with Crippen molar-refractivity contribution in [2.75, 3.05) is 7.05 Å². The quantitative estimate of drug-likeness (QED) is 0.674. The second-order valence-electron chi connectivity index (χ2n) is 3.02. The Bertz CT molecular complexity index is 221. The second-order valence-corrected chi connectivity index (χ2v) is 3.02. The Morgan fingerprint density at radius 3 is 3.08 bits per heavy atom. The van der Waals surface area contributed by atoms with Crippen LogP contribution in [0.4, 0.5) is 0 Å². The van der Waals surface area contributed by atoms with E-state index in [1.54, 1.807) is 5.57 Å². The maximum absolute atomic E-state index is 3.00. The van der Waals surface area contributed by atoms with E-state index in [1.165, 1.54) is 24.8 Å². The minimum absolute atomic E-state index is 1.19. The van der Waals surface area contributed by atoms with Crippen LogP contribution in [0.25, 0.3) is 0 Å². The third kappa shape index (κ3) is 2.57. The summed E-state index contributed by atoms with van der Waals surface area (Å²) in [5.74, 6) is 0. The number of rotatable bonds is 3. The molecule has 0 amide bonds. The molecule has 0 aromatic rings. The lowest BCUT2D eigenvalue weighted by molar-refractivity contribution is 0.888. The number of nitrogens with one attached hydrogen (secondary N) is 1. The molecule has 0 bridgehead atoms. The smallest absolute Gasteiger partial charge is 0.00277 e. The van der Waals surface area contributed by atoms with Gasteiger partial charge in [-0.2, -0.15) is 0 Å². The van der Waals surface area contributed by atoms with Crippen LogP contribution in [0.15, 0.2) is 35.6 Å². The highest BCUT2D eigenvalue weighted by molar-refractivity contribution is 5.35. The normalized spacial score (nSPS) is 17.5. The lowest BCUT2D eigenvalue weighted by Gasteiger charge is -2.09. The number of hydrogen-bond acceptors (Lipinski definition) is 1. The Kier molecular flexibility index (Phi) is 3.65. The highest BCUT2D eigenvalue weighted by Crippen LogP contribution is 2.19. The lowest BCUT2D eigenvalue weighted by atomic mass is 9.98. The summed E-state index contributed by atoms with van der Waals surface area (Å²) in [5, 5.41) is 3.00. The molecule has 0 radical (unpaired) electrons. The molecule has 12 heavy (non-hydrogen) atoms. The highest BCUT2D eigenvalue weighted by Gasteiger charge is 2.00. The van der Waals surface area contributed by atoms with Crippen LogP contribution in [0, 0.1) is 0 Å². The zero-order valence-corrected chi connectivity index (χ0v) is 7.93. The first-order chi connectivity index (χ1) is 5.86. The van der Waals surface area contributed by atoms with E-state index in [9.17, 15) is 0 Å². The maximum Gasteiger partial charge on any atom is 0.00277 e. The Morgan fingerprint density at radius 1 is 1.58 bits per heavy atom. The lowest BCUT2D eigenvalue weighted by Crippen LogP contribution is -1.94. The van der Waals surface area contributed by atoms with Crippen molar-refractivity contribution in [1.82, 2.24) is 5.32 Å². The van der Waals surface area contributed by atoms with Gasteiger partial charge in [0.15, 0.2) is 0 Å². The molecule has 1 rings (SSSR count). The molecule has 0 fully saturated rings. The molecule has 1 aliphatic carbocycles. The van der Waals surface area contributed by atoms with E-state index in [1.807, 2.05) is 13.2 Å². The van der Waals surface area contributed by atoms with Crippen LogP contribution < -0.4 is 5.32 Å². The van der Waals surface area contributed by atoms with Gasteiger partial charge in [-0.25, -0.2) is 0 Å². The summed E-state index contributed by atoms with van der Waals surface area (Å²) in [4.78, 5) is 0. The zero-order chi connectivity index (χ0) is 8.81. The first-order valence-electron chi connectivity index (χ1n) is 4.60. The van der Waals surface area contributed by atoms with E-state index in [4.69, 9.17) is 0 Å². The summed E-state index contributed by atoms with van der Waals surface area (Å²) >= 11 is 0. The van der Waals surface area contributed by atoms with E-state index < -0.39 is 0 Å². The van der Waals surface area contributed by atoms with Crippen LogP contribution >= 0.6 is 0 Å². The molecule has 0 spiro atoms. The van der Waals surface area contributed by atoms with Crippen LogP contribution in [-0.2, 0) is 0 Å². The molecule has 1 aliphatic rings. The topological polar surface area (TPSA) is 12.0 Å². The van der Waals surface area contributed by atoms with Crippen molar-refractivity contribution in [3.63, 3.8) is 0 Å².